The molecule has 1 saturated heterocycles. The summed E-state index contributed by atoms with van der Waals surface area (Å²) < 4.78 is 12.1. The normalized spacial score (nSPS) is 14.3. The van der Waals surface area contributed by atoms with Gasteiger partial charge in [0.2, 0.25) is 0 Å². The van der Waals surface area contributed by atoms with E-state index >= 15 is 0 Å². The van der Waals surface area contributed by atoms with Crippen molar-refractivity contribution in [3.63, 3.8) is 0 Å². The Labute approximate surface area is 243 Å². The van der Waals surface area contributed by atoms with Crippen LogP contribution in [0, 0.1) is 10.5 Å². The Bertz CT molecular complexity index is 1490. The van der Waals surface area contributed by atoms with Crippen molar-refractivity contribution in [1.82, 2.24) is 5.32 Å². The predicted octanol–water partition coefficient (Wildman–Crippen LogP) is 5.34. The van der Waals surface area contributed by atoms with Gasteiger partial charge >= 0.3 is 6.03 Å². The summed E-state index contributed by atoms with van der Waals surface area (Å²) in [5.74, 6) is -1.28. The largest absolute Gasteiger partial charge is 0.490 e. The zero-order valence-electron chi connectivity index (χ0n) is 20.9. The number of ether oxygens (including phenoxy) is 2. The molecule has 39 heavy (non-hydrogen) atoms. The number of hydrogen-bond donors (Lipinski definition) is 2. The number of hydrogen-bond acceptors (Lipinski definition) is 6. The SMILES string of the molecule is CCOc1cc(/C=C2\C(=O)NC(=O)N(c3ccc(Cl)cc3)C2=O)cc(I)c1OCC(=O)Nc1cccc(C)c1. The molecule has 9 nitrogen and oxygen atoms in total. The molecule has 0 aliphatic carbocycles. The minimum Gasteiger partial charge on any atom is -0.490 e. The Hall–Kier alpha value is -3.90. The Morgan fingerprint density at radius 3 is 2.51 bits per heavy atom. The number of halogens is 2. The summed E-state index contributed by atoms with van der Waals surface area (Å²) in [5.41, 5.74) is 2.15. The molecule has 0 bridgehead atoms. The summed E-state index contributed by atoms with van der Waals surface area (Å²) in [6.07, 6.45) is 1.37. The predicted molar refractivity (Wildman–Crippen MR) is 156 cm³/mol. The summed E-state index contributed by atoms with van der Waals surface area (Å²) in [6, 6.07) is 15.9. The van der Waals surface area contributed by atoms with Crippen LogP contribution in [0.25, 0.3) is 6.08 Å². The lowest BCUT2D eigenvalue weighted by Gasteiger charge is -2.26. The molecule has 3 aromatic rings. The van der Waals surface area contributed by atoms with Gasteiger partial charge in [-0.2, -0.15) is 0 Å². The van der Waals surface area contributed by atoms with Crippen molar-refractivity contribution in [3.05, 3.63) is 86.0 Å². The van der Waals surface area contributed by atoms with E-state index in [9.17, 15) is 19.2 Å². The highest BCUT2D eigenvalue weighted by Crippen LogP contribution is 2.35. The van der Waals surface area contributed by atoms with E-state index in [-0.39, 0.29) is 23.8 Å². The highest BCUT2D eigenvalue weighted by molar-refractivity contribution is 14.1. The third kappa shape index (κ3) is 6.76. The lowest BCUT2D eigenvalue weighted by molar-refractivity contribution is -0.122. The number of aryl methyl sites for hydroxylation is 1. The summed E-state index contributed by atoms with van der Waals surface area (Å²) >= 11 is 7.94. The van der Waals surface area contributed by atoms with Crippen molar-refractivity contribution >= 4 is 75.4 Å². The first-order chi connectivity index (χ1) is 18.7. The van der Waals surface area contributed by atoms with Crippen LogP contribution in [-0.4, -0.2) is 37.0 Å². The molecule has 1 aliphatic rings. The summed E-state index contributed by atoms with van der Waals surface area (Å²) in [4.78, 5) is 51.5. The van der Waals surface area contributed by atoms with Gasteiger partial charge in [-0.25, -0.2) is 9.69 Å². The topological polar surface area (TPSA) is 114 Å². The van der Waals surface area contributed by atoms with E-state index in [0.29, 0.717) is 37.9 Å². The molecular weight excluding hydrogens is 637 g/mol. The molecule has 3 aromatic carbocycles. The van der Waals surface area contributed by atoms with E-state index < -0.39 is 17.8 Å². The van der Waals surface area contributed by atoms with Crippen LogP contribution >= 0.6 is 34.2 Å². The summed E-state index contributed by atoms with van der Waals surface area (Å²) in [6.45, 7) is 3.76. The standard InChI is InChI=1S/C28H23ClIN3O6/c1-3-38-23-14-17(13-22(30)25(23)39-15-24(34)31-19-6-4-5-16(2)11-19)12-21-26(35)32-28(37)33(27(21)36)20-9-7-18(29)8-10-20/h4-14H,3,15H2,1-2H3,(H,31,34)(H,32,35,37)/b21-12+. The Kier molecular flexibility index (Phi) is 8.87. The van der Waals surface area contributed by atoms with Crippen LogP contribution in [0.2, 0.25) is 5.02 Å². The van der Waals surface area contributed by atoms with E-state index in [1.807, 2.05) is 47.7 Å². The van der Waals surface area contributed by atoms with Gasteiger partial charge < -0.3 is 14.8 Å². The number of nitrogens with zero attached hydrogens (tertiary/aromatic N) is 1. The van der Waals surface area contributed by atoms with Crippen molar-refractivity contribution in [2.24, 2.45) is 0 Å². The second kappa shape index (κ2) is 12.3. The molecule has 5 amide bonds. The zero-order chi connectivity index (χ0) is 28.1. The maximum absolute atomic E-state index is 13.2. The van der Waals surface area contributed by atoms with Crippen LogP contribution in [-0.2, 0) is 14.4 Å². The number of imide groups is 2. The molecule has 4 rings (SSSR count). The molecule has 0 unspecified atom stereocenters. The molecule has 200 valence electrons. The molecule has 0 radical (unpaired) electrons. The molecule has 0 spiro atoms. The fraction of sp³-hybridized carbons (Fsp3) is 0.143. The fourth-order valence-corrected chi connectivity index (χ4v) is 4.69. The number of nitrogens with one attached hydrogen (secondary N) is 2. The summed E-state index contributed by atoms with van der Waals surface area (Å²) in [7, 11) is 0. The number of barbiturate groups is 1. The van der Waals surface area contributed by atoms with Crippen molar-refractivity contribution in [2.45, 2.75) is 13.8 Å². The molecule has 0 saturated carbocycles. The quantitative estimate of drug-likeness (QED) is 0.192. The average molecular weight is 660 g/mol. The van der Waals surface area contributed by atoms with Crippen molar-refractivity contribution < 1.29 is 28.7 Å². The van der Waals surface area contributed by atoms with Crippen LogP contribution < -0.4 is 25.0 Å². The third-order valence-electron chi connectivity index (χ3n) is 5.48. The maximum Gasteiger partial charge on any atom is 0.335 e. The van der Waals surface area contributed by atoms with Gasteiger partial charge in [-0.1, -0.05) is 23.7 Å². The van der Waals surface area contributed by atoms with Gasteiger partial charge in [-0.05, 0) is 102 Å². The number of amides is 5. The lowest BCUT2D eigenvalue weighted by atomic mass is 10.1. The van der Waals surface area contributed by atoms with Gasteiger partial charge in [-0.15, -0.1) is 0 Å². The Morgan fingerprint density at radius 2 is 1.82 bits per heavy atom. The fourth-order valence-electron chi connectivity index (χ4n) is 3.78. The second-order valence-corrected chi connectivity index (χ2v) is 10.0. The van der Waals surface area contributed by atoms with Gasteiger partial charge in [0.25, 0.3) is 17.7 Å². The number of carbonyl (C=O) groups is 4. The molecule has 0 atom stereocenters. The molecule has 1 fully saturated rings. The highest BCUT2D eigenvalue weighted by atomic mass is 127. The van der Waals surface area contributed by atoms with Gasteiger partial charge in [0.1, 0.15) is 5.57 Å². The minimum absolute atomic E-state index is 0.242. The number of benzene rings is 3. The molecule has 1 aliphatic heterocycles. The Morgan fingerprint density at radius 1 is 1.08 bits per heavy atom. The average Bonchev–Trinajstić information content (AvgIpc) is 2.87. The number of carbonyl (C=O) groups excluding carboxylic acids is 4. The van der Waals surface area contributed by atoms with Crippen molar-refractivity contribution in [1.29, 1.82) is 0 Å². The minimum atomic E-state index is -0.859. The highest BCUT2D eigenvalue weighted by Gasteiger charge is 2.36. The van der Waals surface area contributed by atoms with Crippen molar-refractivity contribution in [2.75, 3.05) is 23.4 Å². The molecule has 11 heteroatoms. The maximum atomic E-state index is 13.2. The first-order valence-electron chi connectivity index (χ1n) is 11.8. The van der Waals surface area contributed by atoms with Crippen LogP contribution in [0.1, 0.15) is 18.1 Å². The van der Waals surface area contributed by atoms with Crippen LogP contribution in [0.4, 0.5) is 16.2 Å². The van der Waals surface area contributed by atoms with Crippen LogP contribution in [0.15, 0.2) is 66.2 Å². The summed E-state index contributed by atoms with van der Waals surface area (Å²) in [5, 5.41) is 5.41. The number of anilines is 2. The van der Waals surface area contributed by atoms with Crippen molar-refractivity contribution in [3.8, 4) is 11.5 Å². The molecule has 1 heterocycles. The van der Waals surface area contributed by atoms with E-state index in [0.717, 1.165) is 10.5 Å². The molecular formula is C28H23ClIN3O6. The van der Waals surface area contributed by atoms with E-state index in [1.165, 1.54) is 30.3 Å². The van der Waals surface area contributed by atoms with Crippen LogP contribution in [0.3, 0.4) is 0 Å². The molecule has 2 N–H and O–H groups in total. The number of urea groups is 1. The Balaban J connectivity index is 1.58. The monoisotopic (exact) mass is 659 g/mol. The van der Waals surface area contributed by atoms with E-state index in [1.54, 1.807) is 25.1 Å². The van der Waals surface area contributed by atoms with Gasteiger partial charge in [0, 0.05) is 10.7 Å². The first-order valence-corrected chi connectivity index (χ1v) is 13.2. The second-order valence-electron chi connectivity index (χ2n) is 8.40. The van der Waals surface area contributed by atoms with Gasteiger partial charge in [0.05, 0.1) is 15.9 Å². The first kappa shape index (κ1) is 28.1. The number of rotatable bonds is 8. The van der Waals surface area contributed by atoms with E-state index in [2.05, 4.69) is 10.6 Å². The third-order valence-corrected chi connectivity index (χ3v) is 6.53. The molecule has 0 aromatic heterocycles. The van der Waals surface area contributed by atoms with E-state index in [4.69, 9.17) is 21.1 Å². The van der Waals surface area contributed by atoms with Gasteiger partial charge in [0.15, 0.2) is 18.1 Å². The zero-order valence-corrected chi connectivity index (χ0v) is 23.8. The smallest absolute Gasteiger partial charge is 0.335 e. The van der Waals surface area contributed by atoms with Crippen LogP contribution in [0.5, 0.6) is 11.5 Å². The van der Waals surface area contributed by atoms with Gasteiger partial charge in [-0.3, -0.25) is 19.7 Å². The lowest BCUT2D eigenvalue weighted by Crippen LogP contribution is -2.54.